The third kappa shape index (κ3) is 8.17. The van der Waals surface area contributed by atoms with Gasteiger partial charge in [-0.1, -0.05) is 12.1 Å². The molecule has 0 aliphatic rings. The van der Waals surface area contributed by atoms with Gasteiger partial charge in [-0.05, 0) is 62.2 Å². The molecule has 0 unspecified atom stereocenters. The van der Waals surface area contributed by atoms with Crippen molar-refractivity contribution in [2.75, 3.05) is 37.9 Å². The van der Waals surface area contributed by atoms with Gasteiger partial charge in [-0.3, -0.25) is 13.9 Å². The van der Waals surface area contributed by atoms with E-state index in [1.165, 1.54) is 16.3 Å². The molecule has 0 fully saturated rings. The van der Waals surface area contributed by atoms with Crippen molar-refractivity contribution in [1.29, 1.82) is 0 Å². The van der Waals surface area contributed by atoms with E-state index in [1.54, 1.807) is 38.3 Å². The maximum absolute atomic E-state index is 13.2. The second-order valence-corrected chi connectivity index (χ2v) is 9.99. The number of ether oxygens (including phenoxy) is 2. The minimum atomic E-state index is -3.56. The number of hydrogen-bond acceptors (Lipinski definition) is 6. The molecule has 1 N–H and O–H groups in total. The highest BCUT2D eigenvalue weighted by Gasteiger charge is 2.26. The molecule has 0 radical (unpaired) electrons. The fourth-order valence-corrected chi connectivity index (χ4v) is 4.59. The van der Waals surface area contributed by atoms with Crippen molar-refractivity contribution in [2.24, 2.45) is 0 Å². The molecule has 0 saturated heterocycles. The topological polar surface area (TPSA) is 105 Å². The number of nitrogens with one attached hydrogen (secondary N) is 1. The van der Waals surface area contributed by atoms with Crippen molar-refractivity contribution in [3.8, 4) is 11.5 Å². The zero-order valence-corrected chi connectivity index (χ0v) is 21.8. The number of sulfonamides is 1. The third-order valence-electron chi connectivity index (χ3n) is 5.52. The normalized spacial score (nSPS) is 11.9. The molecule has 35 heavy (non-hydrogen) atoms. The van der Waals surface area contributed by atoms with Crippen LogP contribution in [0.5, 0.6) is 11.5 Å². The van der Waals surface area contributed by atoms with Crippen molar-refractivity contribution in [3.63, 3.8) is 0 Å². The molecule has 0 heterocycles. The zero-order valence-electron chi connectivity index (χ0n) is 21.0. The molecule has 192 valence electrons. The Kier molecular flexibility index (Phi) is 10.4. The number of amides is 2. The van der Waals surface area contributed by atoms with Crippen LogP contribution in [0, 0.1) is 0 Å². The molecule has 9 nitrogen and oxygen atoms in total. The second-order valence-electron chi connectivity index (χ2n) is 8.08. The average Bonchev–Trinajstić information content (AvgIpc) is 2.84. The molecule has 2 amide bonds. The number of carbonyl (C=O) groups excluding carboxylic acids is 2. The van der Waals surface area contributed by atoms with Gasteiger partial charge in [0.05, 0.1) is 26.2 Å². The van der Waals surface area contributed by atoms with Gasteiger partial charge in [0, 0.05) is 26.1 Å². The monoisotopic (exact) mass is 505 g/mol. The van der Waals surface area contributed by atoms with Crippen LogP contribution in [0.15, 0.2) is 48.5 Å². The molecule has 0 bridgehead atoms. The summed E-state index contributed by atoms with van der Waals surface area (Å²) in [4.78, 5) is 27.3. The van der Waals surface area contributed by atoms with E-state index in [2.05, 4.69) is 5.32 Å². The van der Waals surface area contributed by atoms with E-state index < -0.39 is 16.1 Å². The lowest BCUT2D eigenvalue weighted by Gasteiger charge is -2.29. The molecular weight excluding hydrogens is 470 g/mol. The van der Waals surface area contributed by atoms with E-state index in [4.69, 9.17) is 9.47 Å². The Morgan fingerprint density at radius 1 is 1.03 bits per heavy atom. The number of carbonyl (C=O) groups is 2. The average molecular weight is 506 g/mol. The quantitative estimate of drug-likeness (QED) is 0.449. The number of rotatable bonds is 13. The van der Waals surface area contributed by atoms with Crippen LogP contribution < -0.4 is 19.1 Å². The lowest BCUT2D eigenvalue weighted by molar-refractivity contribution is -0.140. The van der Waals surface area contributed by atoms with Crippen molar-refractivity contribution in [3.05, 3.63) is 54.1 Å². The number of likely N-dealkylation sites (N-methyl/N-ethyl adjacent to an activating group) is 1. The SMILES string of the molecule is CCNC(=O)[C@@H](C)N(Cc1cccc(OC)c1)C(=O)CCCN(c1ccc(OC)cc1)S(C)(=O)=O. The van der Waals surface area contributed by atoms with Gasteiger partial charge in [0.15, 0.2) is 0 Å². The molecule has 0 saturated carbocycles. The summed E-state index contributed by atoms with van der Waals surface area (Å²) in [6, 6.07) is 13.3. The van der Waals surface area contributed by atoms with Crippen LogP contribution in [0.1, 0.15) is 32.3 Å². The molecule has 0 aromatic heterocycles. The summed E-state index contributed by atoms with van der Waals surface area (Å²) in [5.74, 6) is 0.781. The summed E-state index contributed by atoms with van der Waals surface area (Å²) in [5.41, 5.74) is 1.31. The highest BCUT2D eigenvalue weighted by molar-refractivity contribution is 7.92. The molecule has 2 aromatic carbocycles. The van der Waals surface area contributed by atoms with Crippen LogP contribution in [0.4, 0.5) is 5.69 Å². The van der Waals surface area contributed by atoms with Crippen molar-refractivity contribution in [1.82, 2.24) is 10.2 Å². The van der Waals surface area contributed by atoms with Crippen molar-refractivity contribution >= 4 is 27.5 Å². The fraction of sp³-hybridized carbons (Fsp3) is 0.440. The summed E-state index contributed by atoms with van der Waals surface area (Å²) in [6.45, 7) is 4.30. The van der Waals surface area contributed by atoms with Crippen LogP contribution in [0.25, 0.3) is 0 Å². The molecule has 1 atom stereocenters. The molecule has 0 aliphatic heterocycles. The highest BCUT2D eigenvalue weighted by Crippen LogP contribution is 2.22. The van der Waals surface area contributed by atoms with E-state index >= 15 is 0 Å². The number of methoxy groups -OCH3 is 2. The summed E-state index contributed by atoms with van der Waals surface area (Å²) < 4.78 is 36.5. The number of benzene rings is 2. The first-order chi connectivity index (χ1) is 16.6. The summed E-state index contributed by atoms with van der Waals surface area (Å²) in [7, 11) is -0.459. The van der Waals surface area contributed by atoms with Crippen LogP contribution in [-0.4, -0.2) is 64.7 Å². The van der Waals surface area contributed by atoms with Crippen molar-refractivity contribution in [2.45, 2.75) is 39.3 Å². The first kappa shape index (κ1) is 28.0. The van der Waals surface area contributed by atoms with Gasteiger partial charge in [0.1, 0.15) is 17.5 Å². The van der Waals surface area contributed by atoms with E-state index in [9.17, 15) is 18.0 Å². The molecule has 0 aliphatic carbocycles. The lowest BCUT2D eigenvalue weighted by Crippen LogP contribution is -2.47. The van der Waals surface area contributed by atoms with E-state index in [-0.39, 0.29) is 37.7 Å². The van der Waals surface area contributed by atoms with Crippen molar-refractivity contribution < 1.29 is 27.5 Å². The number of anilines is 1. The Balaban J connectivity index is 2.16. The van der Waals surface area contributed by atoms with Gasteiger partial charge < -0.3 is 19.7 Å². The summed E-state index contributed by atoms with van der Waals surface area (Å²) >= 11 is 0. The van der Waals surface area contributed by atoms with Gasteiger partial charge in [-0.15, -0.1) is 0 Å². The second kappa shape index (κ2) is 13.0. The Bertz CT molecular complexity index is 1090. The van der Waals surface area contributed by atoms with E-state index in [0.717, 1.165) is 11.8 Å². The molecule has 2 aromatic rings. The van der Waals surface area contributed by atoms with Gasteiger partial charge in [-0.2, -0.15) is 0 Å². The minimum absolute atomic E-state index is 0.0793. The Labute approximate surface area is 208 Å². The van der Waals surface area contributed by atoms with Crippen LogP contribution in [-0.2, 0) is 26.2 Å². The maximum Gasteiger partial charge on any atom is 0.242 e. The zero-order chi connectivity index (χ0) is 26.0. The van der Waals surface area contributed by atoms with Gasteiger partial charge in [-0.25, -0.2) is 8.42 Å². The molecule has 10 heteroatoms. The van der Waals surface area contributed by atoms with Crippen LogP contribution in [0.3, 0.4) is 0 Å². The first-order valence-electron chi connectivity index (χ1n) is 11.4. The van der Waals surface area contributed by atoms with E-state index in [0.29, 0.717) is 23.7 Å². The smallest absolute Gasteiger partial charge is 0.242 e. The number of hydrogen-bond donors (Lipinski definition) is 1. The fourth-order valence-electron chi connectivity index (χ4n) is 3.62. The predicted octanol–water partition coefficient (Wildman–Crippen LogP) is 2.80. The van der Waals surface area contributed by atoms with Gasteiger partial charge in [0.2, 0.25) is 21.8 Å². The molecule has 0 spiro atoms. The van der Waals surface area contributed by atoms with E-state index in [1.807, 2.05) is 31.2 Å². The predicted molar refractivity (Wildman–Crippen MR) is 136 cm³/mol. The van der Waals surface area contributed by atoms with Gasteiger partial charge in [0.25, 0.3) is 0 Å². The maximum atomic E-state index is 13.2. The standard InChI is InChI=1S/C25H35N3O6S/c1-6-26-25(30)19(2)27(18-20-9-7-10-23(17-20)34-4)24(29)11-8-16-28(35(5,31)32)21-12-14-22(33-3)15-13-21/h7,9-10,12-15,17,19H,6,8,11,16,18H2,1-5H3,(H,26,30)/t19-/m1/s1. The largest absolute Gasteiger partial charge is 0.497 e. The number of nitrogens with zero attached hydrogens (tertiary/aromatic N) is 2. The highest BCUT2D eigenvalue weighted by atomic mass is 32.2. The first-order valence-corrected chi connectivity index (χ1v) is 13.3. The summed E-state index contributed by atoms with van der Waals surface area (Å²) in [6.07, 6.45) is 1.50. The third-order valence-corrected chi connectivity index (χ3v) is 6.71. The lowest BCUT2D eigenvalue weighted by atomic mass is 10.1. The van der Waals surface area contributed by atoms with Crippen LogP contribution >= 0.6 is 0 Å². The van der Waals surface area contributed by atoms with Crippen LogP contribution in [0.2, 0.25) is 0 Å². The van der Waals surface area contributed by atoms with Gasteiger partial charge >= 0.3 is 0 Å². The Morgan fingerprint density at radius 2 is 1.69 bits per heavy atom. The Morgan fingerprint density at radius 3 is 2.26 bits per heavy atom. The minimum Gasteiger partial charge on any atom is -0.497 e. The summed E-state index contributed by atoms with van der Waals surface area (Å²) in [5, 5.41) is 2.76. The Hall–Kier alpha value is -3.27. The molecule has 2 rings (SSSR count). The molecular formula is C25H35N3O6S.